The van der Waals surface area contributed by atoms with E-state index in [0.29, 0.717) is 17.8 Å². The lowest BCUT2D eigenvalue weighted by atomic mass is 10.1. The first-order valence-electron chi connectivity index (χ1n) is 9.59. The molecule has 0 amide bonds. The van der Waals surface area contributed by atoms with Crippen LogP contribution in [0.1, 0.15) is 25.7 Å². The molecular weight excluding hydrogens is 340 g/mol. The Labute approximate surface area is 159 Å². The first-order chi connectivity index (χ1) is 13.3. The van der Waals surface area contributed by atoms with Gasteiger partial charge in [-0.15, -0.1) is 0 Å². The SMILES string of the molecule is CN1CCC(=NNc2nc(Nc3ccccc3)nc(N3CCCC3)n2)CC1. The van der Waals surface area contributed by atoms with E-state index in [4.69, 9.17) is 0 Å². The van der Waals surface area contributed by atoms with Crippen LogP contribution in [0.2, 0.25) is 0 Å². The molecular formula is C19H26N8. The lowest BCUT2D eigenvalue weighted by Crippen LogP contribution is -2.30. The third-order valence-corrected chi connectivity index (χ3v) is 4.92. The first kappa shape index (κ1) is 17.7. The van der Waals surface area contributed by atoms with Crippen LogP contribution in [0.5, 0.6) is 0 Å². The standard InChI is InChI=1S/C19H26N8/c1-26-13-9-16(10-14-26)24-25-18-21-17(20-15-7-3-2-4-8-15)22-19(23-18)27-11-5-6-12-27/h2-4,7-8H,5-6,9-14H2,1H3,(H2,20,21,22,23,25). The van der Waals surface area contributed by atoms with E-state index >= 15 is 0 Å². The summed E-state index contributed by atoms with van der Waals surface area (Å²) in [6.45, 7) is 4.04. The van der Waals surface area contributed by atoms with Crippen molar-refractivity contribution in [3.8, 4) is 0 Å². The number of likely N-dealkylation sites (tertiary alicyclic amines) is 1. The van der Waals surface area contributed by atoms with Crippen molar-refractivity contribution in [2.75, 3.05) is 48.9 Å². The molecule has 8 nitrogen and oxygen atoms in total. The van der Waals surface area contributed by atoms with Crippen molar-refractivity contribution < 1.29 is 0 Å². The van der Waals surface area contributed by atoms with Crippen LogP contribution in [-0.4, -0.2) is 58.8 Å². The molecule has 0 saturated carbocycles. The van der Waals surface area contributed by atoms with Crippen LogP contribution in [-0.2, 0) is 0 Å². The van der Waals surface area contributed by atoms with Crippen LogP contribution < -0.4 is 15.6 Å². The van der Waals surface area contributed by atoms with Crippen molar-refractivity contribution in [3.63, 3.8) is 0 Å². The van der Waals surface area contributed by atoms with Gasteiger partial charge < -0.3 is 15.1 Å². The highest BCUT2D eigenvalue weighted by molar-refractivity contribution is 5.86. The van der Waals surface area contributed by atoms with Gasteiger partial charge in [0.25, 0.3) is 0 Å². The molecule has 2 N–H and O–H groups in total. The maximum atomic E-state index is 4.61. The summed E-state index contributed by atoms with van der Waals surface area (Å²) in [7, 11) is 2.14. The molecule has 1 aromatic heterocycles. The van der Waals surface area contributed by atoms with Gasteiger partial charge in [0.2, 0.25) is 17.8 Å². The van der Waals surface area contributed by atoms with E-state index in [2.05, 4.69) is 47.6 Å². The van der Waals surface area contributed by atoms with Crippen molar-refractivity contribution in [3.05, 3.63) is 30.3 Å². The monoisotopic (exact) mass is 366 g/mol. The summed E-state index contributed by atoms with van der Waals surface area (Å²) < 4.78 is 0. The van der Waals surface area contributed by atoms with Gasteiger partial charge >= 0.3 is 0 Å². The maximum absolute atomic E-state index is 4.61. The average molecular weight is 366 g/mol. The van der Waals surface area contributed by atoms with E-state index in [1.54, 1.807) is 0 Å². The van der Waals surface area contributed by atoms with Gasteiger partial charge in [0.15, 0.2) is 0 Å². The Hall–Kier alpha value is -2.74. The van der Waals surface area contributed by atoms with Crippen molar-refractivity contribution in [1.29, 1.82) is 0 Å². The molecule has 2 aliphatic rings. The minimum Gasteiger partial charge on any atom is -0.341 e. The number of benzene rings is 1. The molecule has 0 aliphatic carbocycles. The van der Waals surface area contributed by atoms with E-state index in [9.17, 15) is 0 Å². The van der Waals surface area contributed by atoms with Crippen LogP contribution >= 0.6 is 0 Å². The number of rotatable bonds is 5. The van der Waals surface area contributed by atoms with Crippen molar-refractivity contribution in [2.24, 2.45) is 5.10 Å². The van der Waals surface area contributed by atoms with Gasteiger partial charge in [-0.3, -0.25) is 0 Å². The van der Waals surface area contributed by atoms with Crippen LogP contribution in [0, 0.1) is 0 Å². The quantitative estimate of drug-likeness (QED) is 0.787. The summed E-state index contributed by atoms with van der Waals surface area (Å²) in [5.74, 6) is 1.72. The third kappa shape index (κ3) is 4.71. The van der Waals surface area contributed by atoms with E-state index in [0.717, 1.165) is 50.4 Å². The number of anilines is 4. The van der Waals surface area contributed by atoms with E-state index in [1.807, 2.05) is 30.3 Å². The summed E-state index contributed by atoms with van der Waals surface area (Å²) in [6.07, 6.45) is 4.29. The Bertz CT molecular complexity index is 776. The minimum atomic E-state index is 0.483. The lowest BCUT2D eigenvalue weighted by molar-refractivity contribution is 0.336. The second kappa shape index (κ2) is 8.30. The number of aromatic nitrogens is 3. The number of hydrogen-bond acceptors (Lipinski definition) is 8. The Kier molecular flexibility index (Phi) is 5.43. The normalized spacial score (nSPS) is 17.8. The fourth-order valence-corrected chi connectivity index (χ4v) is 3.30. The van der Waals surface area contributed by atoms with Gasteiger partial charge in [-0.25, -0.2) is 5.43 Å². The molecule has 0 spiro atoms. The maximum Gasteiger partial charge on any atom is 0.250 e. The fraction of sp³-hybridized carbons (Fsp3) is 0.474. The zero-order valence-electron chi connectivity index (χ0n) is 15.7. The smallest absolute Gasteiger partial charge is 0.250 e. The molecule has 2 fully saturated rings. The van der Waals surface area contributed by atoms with Gasteiger partial charge in [0.05, 0.1) is 0 Å². The molecule has 27 heavy (non-hydrogen) atoms. The van der Waals surface area contributed by atoms with Crippen molar-refractivity contribution in [1.82, 2.24) is 19.9 Å². The van der Waals surface area contributed by atoms with Gasteiger partial charge in [-0.2, -0.15) is 20.1 Å². The van der Waals surface area contributed by atoms with E-state index in [1.165, 1.54) is 12.8 Å². The molecule has 2 saturated heterocycles. The topological polar surface area (TPSA) is 81.6 Å². The Morgan fingerprint density at radius 2 is 1.59 bits per heavy atom. The molecule has 3 heterocycles. The number of nitrogens with one attached hydrogen (secondary N) is 2. The predicted octanol–water partition coefficient (Wildman–Crippen LogP) is 2.71. The van der Waals surface area contributed by atoms with Crippen molar-refractivity contribution >= 4 is 29.2 Å². The zero-order valence-corrected chi connectivity index (χ0v) is 15.7. The number of hydrogen-bond donors (Lipinski definition) is 2. The van der Waals surface area contributed by atoms with Gasteiger partial charge in [-0.05, 0) is 32.0 Å². The summed E-state index contributed by atoms with van der Waals surface area (Å²) in [5.41, 5.74) is 5.17. The lowest BCUT2D eigenvalue weighted by Gasteiger charge is -2.22. The van der Waals surface area contributed by atoms with Crippen LogP contribution in [0.25, 0.3) is 0 Å². The molecule has 4 rings (SSSR count). The Balaban J connectivity index is 1.54. The van der Waals surface area contributed by atoms with Crippen LogP contribution in [0.15, 0.2) is 35.4 Å². The largest absolute Gasteiger partial charge is 0.341 e. The van der Waals surface area contributed by atoms with Crippen LogP contribution in [0.4, 0.5) is 23.5 Å². The molecule has 2 aliphatic heterocycles. The molecule has 0 unspecified atom stereocenters. The minimum absolute atomic E-state index is 0.483. The molecule has 8 heteroatoms. The Morgan fingerprint density at radius 1 is 0.889 bits per heavy atom. The van der Waals surface area contributed by atoms with E-state index in [-0.39, 0.29) is 0 Å². The first-order valence-corrected chi connectivity index (χ1v) is 9.59. The molecule has 1 aromatic carbocycles. The van der Waals surface area contributed by atoms with Crippen LogP contribution in [0.3, 0.4) is 0 Å². The average Bonchev–Trinajstić information content (AvgIpc) is 3.23. The number of piperidine rings is 1. The zero-order chi connectivity index (χ0) is 18.5. The number of hydrazone groups is 1. The van der Waals surface area contributed by atoms with Gasteiger partial charge in [0, 0.05) is 50.4 Å². The second-order valence-electron chi connectivity index (χ2n) is 7.06. The highest BCUT2D eigenvalue weighted by Gasteiger charge is 2.18. The molecule has 142 valence electrons. The fourth-order valence-electron chi connectivity index (χ4n) is 3.30. The predicted molar refractivity (Wildman–Crippen MR) is 109 cm³/mol. The Morgan fingerprint density at radius 3 is 2.33 bits per heavy atom. The highest BCUT2D eigenvalue weighted by Crippen LogP contribution is 2.21. The van der Waals surface area contributed by atoms with Gasteiger partial charge in [0.1, 0.15) is 0 Å². The third-order valence-electron chi connectivity index (χ3n) is 4.92. The summed E-state index contributed by atoms with van der Waals surface area (Å²) >= 11 is 0. The summed E-state index contributed by atoms with van der Waals surface area (Å²) in [4.78, 5) is 18.2. The molecule has 0 radical (unpaired) electrons. The van der Waals surface area contributed by atoms with Gasteiger partial charge in [-0.1, -0.05) is 18.2 Å². The molecule has 0 bridgehead atoms. The second-order valence-corrected chi connectivity index (χ2v) is 7.06. The van der Waals surface area contributed by atoms with Crippen molar-refractivity contribution in [2.45, 2.75) is 25.7 Å². The number of nitrogens with zero attached hydrogens (tertiary/aromatic N) is 6. The van der Waals surface area contributed by atoms with E-state index < -0.39 is 0 Å². The summed E-state index contributed by atoms with van der Waals surface area (Å²) in [6, 6.07) is 9.93. The molecule has 2 aromatic rings. The molecule has 0 atom stereocenters. The number of para-hydroxylation sites is 1. The summed E-state index contributed by atoms with van der Waals surface area (Å²) in [5, 5.41) is 7.81. The highest BCUT2D eigenvalue weighted by atomic mass is 15.4.